The summed E-state index contributed by atoms with van der Waals surface area (Å²) in [5, 5.41) is 44.7. The van der Waals surface area contributed by atoms with Crippen molar-refractivity contribution >= 4 is 63.5 Å². The van der Waals surface area contributed by atoms with Crippen LogP contribution in [0.4, 0.5) is 5.13 Å². The third-order valence-electron chi connectivity index (χ3n) is 5.80. The van der Waals surface area contributed by atoms with Crippen LogP contribution in [-0.2, 0) is 19.2 Å². The summed E-state index contributed by atoms with van der Waals surface area (Å²) in [4.78, 5) is 48.5. The number of amides is 2. The number of nitrogens with two attached hydrogens (primary N) is 1. The van der Waals surface area contributed by atoms with Crippen LogP contribution in [0.15, 0.2) is 49.6 Å². The van der Waals surface area contributed by atoms with Crippen LogP contribution in [0.2, 0.25) is 0 Å². The fraction of sp³-hybridized carbons (Fsp3) is 0.261. The number of anilines is 1. The Kier molecular flexibility index (Phi) is 8.04. The van der Waals surface area contributed by atoms with E-state index in [0.717, 1.165) is 28.0 Å². The molecule has 0 spiro atoms. The molecule has 2 amide bonds. The van der Waals surface area contributed by atoms with Crippen molar-refractivity contribution in [1.29, 1.82) is 0 Å². The first-order chi connectivity index (χ1) is 19.7. The van der Waals surface area contributed by atoms with Crippen LogP contribution in [-0.4, -0.2) is 88.4 Å². The van der Waals surface area contributed by atoms with Gasteiger partial charge in [-0.1, -0.05) is 16.9 Å². The van der Waals surface area contributed by atoms with Crippen LogP contribution < -0.4 is 11.1 Å². The van der Waals surface area contributed by atoms with Crippen molar-refractivity contribution in [3.63, 3.8) is 0 Å². The zero-order chi connectivity index (χ0) is 29.3. The van der Waals surface area contributed by atoms with Gasteiger partial charge in [0.15, 0.2) is 22.3 Å². The molecule has 4 heterocycles. The molecular weight excluding hydrogens is 598 g/mol. The molecule has 2 atom stereocenters. The van der Waals surface area contributed by atoms with Crippen LogP contribution in [0.3, 0.4) is 0 Å². The number of hydrogen-bond acceptors (Lipinski definition) is 15. The summed E-state index contributed by atoms with van der Waals surface area (Å²) < 4.78 is 5.59. The highest BCUT2D eigenvalue weighted by Gasteiger charge is 2.54. The molecule has 1 fully saturated rings. The molecule has 2 aliphatic heterocycles. The molecule has 3 aromatic rings. The van der Waals surface area contributed by atoms with E-state index in [2.05, 4.69) is 25.7 Å². The summed E-state index contributed by atoms with van der Waals surface area (Å²) in [7, 11) is 0. The second kappa shape index (κ2) is 11.7. The lowest BCUT2D eigenvalue weighted by molar-refractivity contribution is -0.150. The number of benzene rings is 1. The molecule has 5 rings (SSSR count). The van der Waals surface area contributed by atoms with Crippen molar-refractivity contribution in [2.45, 2.75) is 23.6 Å². The van der Waals surface area contributed by atoms with Crippen LogP contribution in [0.1, 0.15) is 12.6 Å². The van der Waals surface area contributed by atoms with Crippen molar-refractivity contribution in [1.82, 2.24) is 25.4 Å². The van der Waals surface area contributed by atoms with E-state index >= 15 is 0 Å². The fourth-order valence-electron chi connectivity index (χ4n) is 3.92. The number of aliphatic carboxylic acids is 1. The van der Waals surface area contributed by atoms with Gasteiger partial charge in [0.2, 0.25) is 5.89 Å². The minimum atomic E-state index is -1.29. The number of nitrogens with one attached hydrogen (secondary N) is 1. The van der Waals surface area contributed by atoms with Crippen LogP contribution in [0.25, 0.3) is 11.5 Å². The molecule has 2 aliphatic rings. The van der Waals surface area contributed by atoms with E-state index in [9.17, 15) is 29.7 Å². The number of carbonyl (C=O) groups is 3. The maximum absolute atomic E-state index is 13.1. The summed E-state index contributed by atoms with van der Waals surface area (Å²) in [5.74, 6) is -2.72. The quantitative estimate of drug-likeness (QED) is 0.0712. The van der Waals surface area contributed by atoms with Crippen molar-refractivity contribution in [2.75, 3.05) is 23.8 Å². The van der Waals surface area contributed by atoms with Gasteiger partial charge >= 0.3 is 5.97 Å². The Morgan fingerprint density at radius 3 is 2.80 bits per heavy atom. The zero-order valence-corrected chi connectivity index (χ0v) is 23.5. The first-order valence-electron chi connectivity index (χ1n) is 11.8. The van der Waals surface area contributed by atoms with Crippen LogP contribution in [0, 0.1) is 0 Å². The van der Waals surface area contributed by atoms with Crippen molar-refractivity contribution in [2.24, 2.45) is 5.16 Å². The van der Waals surface area contributed by atoms with E-state index in [0.29, 0.717) is 11.1 Å². The molecule has 214 valence electrons. The van der Waals surface area contributed by atoms with Crippen molar-refractivity contribution in [3.8, 4) is 23.0 Å². The van der Waals surface area contributed by atoms with Gasteiger partial charge in [-0.15, -0.1) is 33.3 Å². The number of rotatable bonds is 10. The third-order valence-corrected chi connectivity index (χ3v) is 8.72. The summed E-state index contributed by atoms with van der Waals surface area (Å²) in [6, 6.07) is 3.05. The van der Waals surface area contributed by atoms with E-state index < -0.39 is 29.2 Å². The molecule has 15 nitrogen and oxygen atoms in total. The molecule has 0 saturated carbocycles. The van der Waals surface area contributed by atoms with E-state index in [-0.39, 0.29) is 63.0 Å². The van der Waals surface area contributed by atoms with E-state index in [4.69, 9.17) is 15.0 Å². The number of fused-ring (bicyclic) bond motifs is 1. The van der Waals surface area contributed by atoms with E-state index in [1.165, 1.54) is 35.3 Å². The van der Waals surface area contributed by atoms with E-state index in [1.54, 1.807) is 6.92 Å². The fourth-order valence-corrected chi connectivity index (χ4v) is 6.72. The first kappa shape index (κ1) is 28.2. The highest BCUT2D eigenvalue weighted by Crippen LogP contribution is 2.42. The molecule has 18 heteroatoms. The van der Waals surface area contributed by atoms with Gasteiger partial charge in [0.05, 0.1) is 0 Å². The number of nitrogen functional groups attached to an aromatic ring is 1. The highest BCUT2D eigenvalue weighted by atomic mass is 32.2. The number of β-lactam (4-membered cyclic amide) rings is 1. The normalized spacial score (nSPS) is 18.6. The highest BCUT2D eigenvalue weighted by molar-refractivity contribution is 8.01. The number of phenols is 2. The van der Waals surface area contributed by atoms with Crippen LogP contribution >= 0.6 is 34.9 Å². The van der Waals surface area contributed by atoms with Gasteiger partial charge in [0, 0.05) is 22.4 Å². The number of carboxylic acids is 1. The Morgan fingerprint density at radius 1 is 1.32 bits per heavy atom. The molecule has 0 radical (unpaired) electrons. The molecule has 0 unspecified atom stereocenters. The number of thiazole rings is 1. The van der Waals surface area contributed by atoms with Gasteiger partial charge in [-0.3, -0.25) is 14.5 Å². The lowest BCUT2D eigenvalue weighted by Gasteiger charge is -2.49. The van der Waals surface area contributed by atoms with Gasteiger partial charge in [0.25, 0.3) is 17.0 Å². The van der Waals surface area contributed by atoms with E-state index in [1.807, 2.05) is 0 Å². The number of aromatic nitrogens is 3. The maximum atomic E-state index is 13.1. The summed E-state index contributed by atoms with van der Waals surface area (Å²) in [6.45, 7) is 1.89. The molecule has 2 aromatic heterocycles. The number of phenolic OH excluding ortho intramolecular Hbond substituents is 2. The Hall–Kier alpha value is -4.29. The van der Waals surface area contributed by atoms with Gasteiger partial charge < -0.3 is 35.6 Å². The minimum absolute atomic E-state index is 0.0948. The van der Waals surface area contributed by atoms with Crippen LogP contribution in [0.5, 0.6) is 11.5 Å². The number of oxime groups is 1. The zero-order valence-electron chi connectivity index (χ0n) is 21.0. The standard InChI is InChI=1S/C23H21N7O8S3/c1-2-37-29-14(11-8-40-22(24)25-11)17(33)26-15-19(34)30-16(21(35)36)10(6-39-20(15)30)7-41-23-28-27-18(38-23)9-3-4-12(31)13(32)5-9/h3-5,8,15,20,31-32H,2,6-7H2,1H3,(H2,24,25)(H,26,33)(H,35,36)/t15-,20-/m1/s1. The van der Waals surface area contributed by atoms with Gasteiger partial charge in [-0.05, 0) is 30.7 Å². The Bertz CT molecular complexity index is 1590. The smallest absolute Gasteiger partial charge is 0.352 e. The maximum Gasteiger partial charge on any atom is 0.352 e. The molecular formula is C23H21N7O8S3. The lowest BCUT2D eigenvalue weighted by atomic mass is 10.0. The number of aromatic hydroxyl groups is 2. The number of carboxylic acid groups (broad SMARTS) is 1. The molecule has 1 aromatic carbocycles. The molecule has 41 heavy (non-hydrogen) atoms. The topological polar surface area (TPSA) is 227 Å². The predicted octanol–water partition coefficient (Wildman–Crippen LogP) is 1.46. The second-order valence-corrected chi connectivity index (χ2v) is 11.3. The summed E-state index contributed by atoms with van der Waals surface area (Å²) in [6.07, 6.45) is 0. The largest absolute Gasteiger partial charge is 0.504 e. The Balaban J connectivity index is 1.28. The SMILES string of the molecule is CCON=C(C(=O)N[C@@H]1C(=O)N2C(C(=O)O)=C(CSc3nnc(-c4ccc(O)c(O)c4)o3)CS[C@H]12)c1csc(N)n1. The average molecular weight is 620 g/mol. The molecule has 6 N–H and O–H groups in total. The predicted molar refractivity (Wildman–Crippen MR) is 148 cm³/mol. The van der Waals surface area contributed by atoms with Gasteiger partial charge in [-0.2, -0.15) is 0 Å². The molecule has 0 bridgehead atoms. The number of nitrogens with zero attached hydrogens (tertiary/aromatic N) is 5. The lowest BCUT2D eigenvalue weighted by Crippen LogP contribution is -2.71. The Morgan fingerprint density at radius 2 is 2.12 bits per heavy atom. The third kappa shape index (κ3) is 5.66. The number of hydrogen-bond donors (Lipinski definition) is 5. The first-order valence-corrected chi connectivity index (χ1v) is 14.7. The summed E-state index contributed by atoms with van der Waals surface area (Å²) in [5.41, 5.74) is 6.38. The number of thioether (sulfide) groups is 2. The molecule has 1 saturated heterocycles. The monoisotopic (exact) mass is 619 g/mol. The minimum Gasteiger partial charge on any atom is -0.504 e. The summed E-state index contributed by atoms with van der Waals surface area (Å²) >= 11 is 3.49. The van der Waals surface area contributed by atoms with Crippen molar-refractivity contribution < 1.29 is 39.0 Å². The van der Waals surface area contributed by atoms with Crippen molar-refractivity contribution in [3.05, 3.63) is 40.5 Å². The van der Waals surface area contributed by atoms with Gasteiger partial charge in [0.1, 0.15) is 29.4 Å². The number of carbonyl (C=O) groups excluding carboxylic acids is 2. The Labute approximate surface area is 243 Å². The van der Waals surface area contributed by atoms with Gasteiger partial charge in [-0.25, -0.2) is 9.78 Å². The second-order valence-electron chi connectivity index (χ2n) is 8.41. The molecule has 0 aliphatic carbocycles. The average Bonchev–Trinajstić information content (AvgIpc) is 3.60.